The summed E-state index contributed by atoms with van der Waals surface area (Å²) < 4.78 is 2.49. The third-order valence-corrected chi connectivity index (χ3v) is 6.38. The number of rotatable bonds is 2. The van der Waals surface area contributed by atoms with Crippen LogP contribution in [0.5, 0.6) is 0 Å². The molecular formula is C12H11N5S2. The third kappa shape index (κ3) is 2.01. The van der Waals surface area contributed by atoms with Crippen LogP contribution in [0.2, 0.25) is 0 Å². The molecule has 0 amide bonds. The van der Waals surface area contributed by atoms with E-state index < -0.39 is 0 Å². The molecule has 2 aliphatic rings. The Hall–Kier alpha value is -1.52. The fourth-order valence-electron chi connectivity index (χ4n) is 2.32. The van der Waals surface area contributed by atoms with Gasteiger partial charge in [0.15, 0.2) is 5.70 Å². The van der Waals surface area contributed by atoms with Crippen molar-refractivity contribution in [3.8, 4) is 6.07 Å². The zero-order chi connectivity index (χ0) is 13.4. The zero-order valence-electron chi connectivity index (χ0n) is 10.2. The average molecular weight is 289 g/mol. The molecule has 5 nitrogen and oxygen atoms in total. The largest absolute Gasteiger partial charge is 0.308 e. The Morgan fingerprint density at radius 1 is 1.63 bits per heavy atom. The van der Waals surface area contributed by atoms with Crippen molar-refractivity contribution in [2.24, 2.45) is 0 Å². The van der Waals surface area contributed by atoms with Crippen LogP contribution in [0.4, 0.5) is 0 Å². The van der Waals surface area contributed by atoms with Gasteiger partial charge in [-0.15, -0.1) is 23.5 Å². The summed E-state index contributed by atoms with van der Waals surface area (Å²) in [5, 5.41) is 21.6. The molecule has 1 aromatic heterocycles. The smallest absolute Gasteiger partial charge is 0.163 e. The molecule has 0 saturated carbocycles. The van der Waals surface area contributed by atoms with Crippen LogP contribution >= 0.6 is 23.5 Å². The molecule has 3 rings (SSSR count). The first-order valence-corrected chi connectivity index (χ1v) is 7.53. The number of allylic oxidation sites excluding steroid dienone is 2. The second-order valence-electron chi connectivity index (χ2n) is 4.37. The minimum absolute atomic E-state index is 0.296. The van der Waals surface area contributed by atoms with E-state index in [0.717, 1.165) is 16.2 Å². The first-order chi connectivity index (χ1) is 9.24. The highest BCUT2D eigenvalue weighted by molar-refractivity contribution is 8.26. The Morgan fingerprint density at radius 3 is 3.11 bits per heavy atom. The first-order valence-electron chi connectivity index (χ1n) is 5.77. The summed E-state index contributed by atoms with van der Waals surface area (Å²) in [5.41, 5.74) is 2.93. The Bertz CT molecular complexity index is 623. The van der Waals surface area contributed by atoms with E-state index in [1.54, 1.807) is 29.9 Å². The van der Waals surface area contributed by atoms with E-state index >= 15 is 0 Å². The lowest BCUT2D eigenvalue weighted by molar-refractivity contribution is 0.911. The summed E-state index contributed by atoms with van der Waals surface area (Å²) in [4.78, 5) is 3.88. The molecule has 1 aliphatic carbocycles. The number of fused-ring (bicyclic) bond motifs is 1. The van der Waals surface area contributed by atoms with Gasteiger partial charge in [0.05, 0.1) is 4.24 Å². The second kappa shape index (κ2) is 4.87. The minimum Gasteiger partial charge on any atom is -0.308 e. The molecule has 2 heterocycles. The summed E-state index contributed by atoms with van der Waals surface area (Å²) in [7, 11) is 0. The molecule has 2 atom stereocenters. The molecule has 1 aromatic rings. The van der Waals surface area contributed by atoms with Crippen molar-refractivity contribution in [2.45, 2.75) is 23.8 Å². The van der Waals surface area contributed by atoms with Crippen LogP contribution in [0.25, 0.3) is 5.70 Å². The van der Waals surface area contributed by atoms with Crippen molar-refractivity contribution >= 4 is 35.4 Å². The lowest BCUT2D eigenvalue weighted by Crippen LogP contribution is -2.10. The highest BCUT2D eigenvalue weighted by Gasteiger charge is 2.41. The fraction of sp³-hybridized carbons (Fsp3) is 0.333. The second-order valence-corrected chi connectivity index (χ2v) is 7.03. The van der Waals surface area contributed by atoms with Gasteiger partial charge in [-0.05, 0) is 18.9 Å². The van der Waals surface area contributed by atoms with Gasteiger partial charge in [0.2, 0.25) is 0 Å². The molecule has 0 bridgehead atoms. The summed E-state index contributed by atoms with van der Waals surface area (Å²) in [6.45, 7) is 2.09. The normalized spacial score (nSPS) is 28.2. The molecule has 96 valence electrons. The Morgan fingerprint density at radius 2 is 2.47 bits per heavy atom. The number of hydrogen-bond acceptors (Lipinski definition) is 6. The molecule has 7 heteroatoms. The van der Waals surface area contributed by atoms with Crippen LogP contribution in [-0.2, 0) is 0 Å². The van der Waals surface area contributed by atoms with E-state index in [4.69, 9.17) is 5.41 Å². The lowest BCUT2D eigenvalue weighted by Gasteiger charge is -2.06. The number of nitrogens with zero attached hydrogens (tertiary/aromatic N) is 4. The summed E-state index contributed by atoms with van der Waals surface area (Å²) in [6.07, 6.45) is 5.42. The zero-order valence-corrected chi connectivity index (χ0v) is 11.8. The Balaban J connectivity index is 1.95. The van der Waals surface area contributed by atoms with Crippen LogP contribution in [0.3, 0.4) is 0 Å². The van der Waals surface area contributed by atoms with Gasteiger partial charge < -0.3 is 5.41 Å². The maximum absolute atomic E-state index is 9.32. The van der Waals surface area contributed by atoms with Crippen LogP contribution in [-0.4, -0.2) is 31.5 Å². The predicted molar refractivity (Wildman–Crippen MR) is 77.7 cm³/mol. The highest BCUT2D eigenvalue weighted by Crippen LogP contribution is 2.56. The predicted octanol–water partition coefficient (Wildman–Crippen LogP) is 2.51. The van der Waals surface area contributed by atoms with Crippen molar-refractivity contribution in [1.82, 2.24) is 14.8 Å². The molecule has 1 saturated heterocycles. The first kappa shape index (κ1) is 12.5. The maximum Gasteiger partial charge on any atom is 0.163 e. The van der Waals surface area contributed by atoms with Crippen molar-refractivity contribution in [2.75, 3.05) is 0 Å². The van der Waals surface area contributed by atoms with Gasteiger partial charge in [0.25, 0.3) is 0 Å². The summed E-state index contributed by atoms with van der Waals surface area (Å²) in [6, 6.07) is 2.21. The molecule has 19 heavy (non-hydrogen) atoms. The van der Waals surface area contributed by atoms with Gasteiger partial charge >= 0.3 is 0 Å². The number of hydrogen-bond donors (Lipinski definition) is 1. The number of nitriles is 1. The number of thioether (sulfide) groups is 2. The van der Waals surface area contributed by atoms with Crippen molar-refractivity contribution in [3.63, 3.8) is 0 Å². The number of nitrogens with one attached hydrogen (secondary N) is 1. The van der Waals surface area contributed by atoms with Gasteiger partial charge in [-0.3, -0.25) is 0 Å². The van der Waals surface area contributed by atoms with Gasteiger partial charge in [0, 0.05) is 16.7 Å². The highest BCUT2D eigenvalue weighted by atomic mass is 32.2. The lowest BCUT2D eigenvalue weighted by atomic mass is 10.2. The van der Waals surface area contributed by atoms with Gasteiger partial charge in [-0.25, -0.2) is 9.67 Å². The van der Waals surface area contributed by atoms with E-state index in [-0.39, 0.29) is 0 Å². The van der Waals surface area contributed by atoms with E-state index in [1.807, 2.05) is 0 Å². The summed E-state index contributed by atoms with van der Waals surface area (Å²) in [5.74, 6) is 0. The van der Waals surface area contributed by atoms with Crippen LogP contribution in [0.15, 0.2) is 28.0 Å². The fourth-order valence-corrected chi connectivity index (χ4v) is 5.82. The van der Waals surface area contributed by atoms with E-state index in [2.05, 4.69) is 23.1 Å². The Labute approximate surface area is 119 Å². The quantitative estimate of drug-likeness (QED) is 0.668. The monoisotopic (exact) mass is 289 g/mol. The van der Waals surface area contributed by atoms with Crippen LogP contribution < -0.4 is 0 Å². The molecular weight excluding hydrogens is 278 g/mol. The standard InChI is InChI=1S/C12H11N5S2/c1-7-2-10-11(8(7)3-13)19-12(18-10)9(4-14)17-6-15-5-16-17/h3,5-6,10-11,13H,2H2,1H3/b12-9+,13-3?. The van der Waals surface area contributed by atoms with Crippen molar-refractivity contribution < 1.29 is 0 Å². The van der Waals surface area contributed by atoms with E-state index in [1.165, 1.54) is 22.8 Å². The third-order valence-electron chi connectivity index (χ3n) is 3.24. The average Bonchev–Trinajstić information content (AvgIpc) is 3.07. The molecule has 2 unspecified atom stereocenters. The minimum atomic E-state index is 0.296. The van der Waals surface area contributed by atoms with Gasteiger partial charge in [-0.2, -0.15) is 10.4 Å². The van der Waals surface area contributed by atoms with Crippen LogP contribution in [0.1, 0.15) is 13.3 Å². The molecule has 1 fully saturated rings. The van der Waals surface area contributed by atoms with E-state index in [0.29, 0.717) is 16.2 Å². The molecule has 0 aromatic carbocycles. The topological polar surface area (TPSA) is 78.4 Å². The molecule has 1 aliphatic heterocycles. The maximum atomic E-state index is 9.32. The van der Waals surface area contributed by atoms with Gasteiger partial charge in [-0.1, -0.05) is 5.57 Å². The SMILES string of the molecule is CC1=C(C=N)C2S/C(=C(\C#N)n3cncn3)SC2C1. The van der Waals surface area contributed by atoms with Crippen LogP contribution in [0, 0.1) is 16.7 Å². The Kier molecular flexibility index (Phi) is 3.21. The molecule has 0 radical (unpaired) electrons. The van der Waals surface area contributed by atoms with Crippen molar-refractivity contribution in [3.05, 3.63) is 28.0 Å². The van der Waals surface area contributed by atoms with Gasteiger partial charge in [0.1, 0.15) is 18.7 Å². The molecule has 1 N–H and O–H groups in total. The van der Waals surface area contributed by atoms with Crippen molar-refractivity contribution in [1.29, 1.82) is 10.7 Å². The van der Waals surface area contributed by atoms with E-state index in [9.17, 15) is 5.26 Å². The molecule has 0 spiro atoms. The number of aromatic nitrogens is 3. The summed E-state index contributed by atoms with van der Waals surface area (Å²) >= 11 is 3.39.